The minimum Gasteiger partial charge on any atom is -0.201 e. The van der Waals surface area contributed by atoms with Crippen molar-refractivity contribution in [2.75, 3.05) is 0 Å². The molecule has 0 bridgehead atoms. The van der Waals surface area contributed by atoms with E-state index >= 15 is 0 Å². The second-order valence-corrected chi connectivity index (χ2v) is 31.8. The van der Waals surface area contributed by atoms with Crippen LogP contribution in [0.15, 0.2) is 346 Å². The molecule has 0 radical (unpaired) electrons. The monoisotopic (exact) mass is 1570 g/mol. The fraction of sp³-hybridized carbons (Fsp3) is 0.202. The zero-order valence-electron chi connectivity index (χ0n) is 82.3. The molecule has 0 aliphatic carbocycles. The van der Waals surface area contributed by atoms with Gasteiger partial charge in [0.05, 0.1) is 0 Å². The van der Waals surface area contributed by atoms with Gasteiger partial charge < -0.3 is 0 Å². The molecule has 5 nitrogen and oxygen atoms in total. The maximum absolute atomic E-state index is 8.88. The first kappa shape index (κ1) is 72.6. The Bertz CT molecular complexity index is 6500. The molecule has 0 atom stereocenters. The molecule has 0 spiro atoms. The highest BCUT2D eigenvalue weighted by Crippen LogP contribution is 2.38. The van der Waals surface area contributed by atoms with Gasteiger partial charge in [0, 0.05) is 101 Å². The van der Waals surface area contributed by atoms with Crippen LogP contribution in [0.3, 0.4) is 0 Å². The third-order valence-electron chi connectivity index (χ3n) is 21.8. The predicted octanol–water partition coefficient (Wildman–Crippen LogP) is 26.4. The minimum atomic E-state index is -2.30. The molecule has 16 aromatic rings. The number of hydrogen-bond donors (Lipinski definition) is 0. The molecule has 5 aromatic heterocycles. The van der Waals surface area contributed by atoms with E-state index in [9.17, 15) is 0 Å². The van der Waals surface area contributed by atoms with Gasteiger partial charge in [-0.15, -0.1) is 0 Å². The Morgan fingerprint density at radius 1 is 0.218 bits per heavy atom. The smallest absolute Gasteiger partial charge is 0.201 e. The molecule has 0 aliphatic heterocycles. The number of pyridine rings is 5. The zero-order valence-corrected chi connectivity index (χ0v) is 72.3. The number of aromatic nitrogens is 5. The van der Waals surface area contributed by atoms with Crippen molar-refractivity contribution in [1.29, 1.82) is 0 Å². The van der Waals surface area contributed by atoms with E-state index in [2.05, 4.69) is 301 Å². The zero-order chi connectivity index (χ0) is 93.0. The number of rotatable bonds is 15. The third kappa shape index (κ3) is 21.3. The highest BCUT2D eigenvalue weighted by molar-refractivity contribution is 5.81. The van der Waals surface area contributed by atoms with Crippen molar-refractivity contribution < 1.29 is 36.5 Å². The average molecular weight is 1570 g/mol. The molecule has 0 unspecified atom stereocenters. The van der Waals surface area contributed by atoms with Gasteiger partial charge >= 0.3 is 0 Å². The molecule has 0 saturated heterocycles. The van der Waals surface area contributed by atoms with Crippen molar-refractivity contribution in [2.24, 2.45) is 47.1 Å². The normalized spacial score (nSPS) is 12.6. The summed E-state index contributed by atoms with van der Waals surface area (Å²) in [5.41, 5.74) is 35.3. The molecular formula is C114H120N5+5. The fourth-order valence-corrected chi connectivity index (χ4v) is 15.7. The van der Waals surface area contributed by atoms with E-state index in [-0.39, 0.29) is 17.4 Å². The van der Waals surface area contributed by atoms with Gasteiger partial charge in [0.15, 0.2) is 31.0 Å². The van der Waals surface area contributed by atoms with Crippen LogP contribution in [0.2, 0.25) is 0 Å². The molecule has 5 heteroatoms. The Labute approximate surface area is 725 Å². The van der Waals surface area contributed by atoms with E-state index in [0.29, 0.717) is 27.9 Å². The van der Waals surface area contributed by atoms with Crippen LogP contribution in [0, 0.1) is 80.9 Å². The highest BCUT2D eigenvalue weighted by atomic mass is 14.9. The molecule has 0 saturated carbocycles. The largest absolute Gasteiger partial charge is 0.213 e. The second kappa shape index (κ2) is 39.9. The lowest BCUT2D eigenvalue weighted by Gasteiger charge is -2.16. The van der Waals surface area contributed by atoms with E-state index in [0.717, 1.165) is 44.6 Å². The molecule has 596 valence electrons. The standard InChI is InChI=1S/C28H36N.C27H26N.2C20H20N.C19H18N/c1-19(2)13-24-16-28(29(7)18-25(24)14-20(3)4)27-17-26(21(5)15-22(27)6)23-11-9-8-10-12-23;1-19-15-20(2)26(16-24(19)22-11-7-5-8-12-22)27-17-25(21(3)18-28(27)4)23-13-9-6-10-14-23;2*1-15-13-16(2)19(20-11-7-8-12-21(20)3)14-18(15)17-9-5-4-6-10-17;1-15-11-12-17(16-8-4-3-5-9-16)14-18(15)19-10-6-7-13-20(19)2/h8-12,15-20H,13-14H2,1-7H3;5-18H,1-4H3;2*4-14H,1-3H3;3-14H,1-2H3/q5*+1/i5D3,13D2,14D2;;1D3;;. The summed E-state index contributed by atoms with van der Waals surface area (Å²) >= 11 is 0. The Balaban J connectivity index is 0.000000148. The highest BCUT2D eigenvalue weighted by Gasteiger charge is 2.24. The lowest BCUT2D eigenvalue weighted by atomic mass is 9.90. The topological polar surface area (TPSA) is 19.4 Å². The first-order chi connectivity index (χ1) is 61.3. The number of hydrogen-bond acceptors (Lipinski definition) is 0. The van der Waals surface area contributed by atoms with Crippen LogP contribution in [0.5, 0.6) is 0 Å². The maximum Gasteiger partial charge on any atom is 0.213 e. The van der Waals surface area contributed by atoms with Crippen LogP contribution in [-0.4, -0.2) is 0 Å². The van der Waals surface area contributed by atoms with Crippen LogP contribution in [0.25, 0.3) is 123 Å². The molecule has 0 aliphatic rings. The molecule has 0 fully saturated rings. The van der Waals surface area contributed by atoms with E-state index < -0.39 is 26.4 Å². The number of aryl methyl sites for hydroxylation is 15. The van der Waals surface area contributed by atoms with Crippen LogP contribution in [-0.2, 0) is 48.0 Å². The van der Waals surface area contributed by atoms with Crippen molar-refractivity contribution in [1.82, 2.24) is 0 Å². The summed E-state index contributed by atoms with van der Waals surface area (Å²) in [5.74, 6) is -0.728. The lowest BCUT2D eigenvalue weighted by molar-refractivity contribution is -0.661. The number of benzene rings is 11. The quantitative estimate of drug-likeness (QED) is 0.0912. The molecule has 5 heterocycles. The Kier molecular flexibility index (Phi) is 24.3. The third-order valence-corrected chi connectivity index (χ3v) is 21.8. The predicted molar refractivity (Wildman–Crippen MR) is 502 cm³/mol. The lowest BCUT2D eigenvalue weighted by Crippen LogP contribution is -2.32. The summed E-state index contributed by atoms with van der Waals surface area (Å²) in [4.78, 5) is 0. The first-order valence-corrected chi connectivity index (χ1v) is 41.2. The van der Waals surface area contributed by atoms with Crippen molar-refractivity contribution in [3.05, 3.63) is 413 Å². The van der Waals surface area contributed by atoms with E-state index in [1.165, 1.54) is 112 Å². The van der Waals surface area contributed by atoms with Crippen LogP contribution >= 0.6 is 0 Å². The summed E-state index contributed by atoms with van der Waals surface area (Å²) in [7, 11) is 10.1. The summed E-state index contributed by atoms with van der Waals surface area (Å²) in [6.07, 6.45) is 6.61. The van der Waals surface area contributed by atoms with E-state index in [1.807, 2.05) is 134 Å². The fourth-order valence-electron chi connectivity index (χ4n) is 15.7. The van der Waals surface area contributed by atoms with E-state index in [4.69, 9.17) is 13.7 Å². The Morgan fingerprint density at radius 2 is 0.496 bits per heavy atom. The van der Waals surface area contributed by atoms with Gasteiger partial charge in [0.1, 0.15) is 35.2 Å². The van der Waals surface area contributed by atoms with Crippen molar-refractivity contribution in [2.45, 2.75) is 110 Å². The Hall–Kier alpha value is -12.8. The van der Waals surface area contributed by atoms with Gasteiger partial charge in [-0.2, -0.15) is 0 Å². The molecule has 0 amide bonds. The van der Waals surface area contributed by atoms with Crippen LogP contribution < -0.4 is 22.8 Å². The molecule has 119 heavy (non-hydrogen) atoms. The minimum absolute atomic E-state index is 0.267. The van der Waals surface area contributed by atoms with Crippen molar-refractivity contribution in [3.63, 3.8) is 0 Å². The SMILES string of the molecule is Cc1cc(C)c(-c2cc(-c3ccccc3)c(C)c[n+]2C)cc1-c1ccccc1.Cc1cc(C)c(-c2cccc[n+]2C)cc1-c1ccccc1.Cc1ccc(-c2ccccc2)cc1-c1cccc[n+]1C.[2H]C([2H])([2H])c1cc(C)c(-c2cc(C([2H])([2H])C(C)C)c(C([2H])([2H])C(C)C)c[n+]2C)cc1-c1ccccc1.[2H]C([2H])([2H])c1cc(C)c(-c2cccc[n+]2C)cc1-c1ccccc1. The van der Waals surface area contributed by atoms with Crippen molar-refractivity contribution >= 4 is 0 Å². The van der Waals surface area contributed by atoms with Crippen molar-refractivity contribution in [3.8, 4) is 123 Å². The summed E-state index contributed by atoms with van der Waals surface area (Å²) in [6, 6.07) is 108. The van der Waals surface area contributed by atoms with Gasteiger partial charge in [0.25, 0.3) is 0 Å². The van der Waals surface area contributed by atoms with Gasteiger partial charge in [0.2, 0.25) is 28.5 Å². The van der Waals surface area contributed by atoms with Crippen LogP contribution in [0.4, 0.5) is 0 Å². The summed E-state index contributed by atoms with van der Waals surface area (Å²) in [6.45, 7) is 19.7. The van der Waals surface area contributed by atoms with Gasteiger partial charge in [-0.25, -0.2) is 22.8 Å². The second-order valence-electron chi connectivity index (χ2n) is 31.8. The van der Waals surface area contributed by atoms with E-state index in [1.54, 1.807) is 52.1 Å². The molecule has 16 rings (SSSR count). The summed E-state index contributed by atoms with van der Waals surface area (Å²) in [5, 5.41) is 0. The molecule has 11 aromatic carbocycles. The van der Waals surface area contributed by atoms with Gasteiger partial charge in [-0.3, -0.25) is 0 Å². The average Bonchev–Trinajstić information content (AvgIpc) is 0.743. The van der Waals surface area contributed by atoms with Crippen LogP contribution in [0.1, 0.15) is 108 Å². The van der Waals surface area contributed by atoms with Gasteiger partial charge in [-0.1, -0.05) is 246 Å². The first-order valence-electron chi connectivity index (χ1n) is 46.2. The Morgan fingerprint density at radius 3 is 0.840 bits per heavy atom. The maximum atomic E-state index is 8.88. The molecule has 0 N–H and O–H groups in total. The summed E-state index contributed by atoms with van der Waals surface area (Å²) < 4.78 is 93.8. The number of nitrogens with zero attached hydrogens (tertiary/aromatic N) is 5. The van der Waals surface area contributed by atoms with Gasteiger partial charge in [-0.05, 0) is 265 Å². The molecular weight excluding hydrogens is 1440 g/mol.